The number of benzene rings is 1. The molecular weight excluding hydrogens is 335 g/mol. The van der Waals surface area contributed by atoms with Crippen LogP contribution < -0.4 is 10.6 Å². The van der Waals surface area contributed by atoms with Gasteiger partial charge in [0.15, 0.2) is 0 Å². The maximum atomic E-state index is 12.1. The van der Waals surface area contributed by atoms with E-state index in [4.69, 9.17) is 39.2 Å². The topological polar surface area (TPSA) is 54.3 Å². The molecule has 2 aromatic rings. The third kappa shape index (κ3) is 4.93. The van der Waals surface area contributed by atoms with Crippen LogP contribution in [-0.2, 0) is 6.54 Å². The Kier molecular flexibility index (Phi) is 5.53. The predicted molar refractivity (Wildman–Crippen MR) is 83.5 cm³/mol. The molecule has 0 aliphatic heterocycles. The summed E-state index contributed by atoms with van der Waals surface area (Å²) in [6.07, 6.45) is 0.685. The molecule has 0 fully saturated rings. The summed E-state index contributed by atoms with van der Waals surface area (Å²) in [5.41, 5.74) is 0.483. The summed E-state index contributed by atoms with van der Waals surface area (Å²) in [4.78, 5) is 12.1. The van der Waals surface area contributed by atoms with Crippen molar-refractivity contribution in [2.45, 2.75) is 16.5 Å². The second-order valence-electron chi connectivity index (χ2n) is 4.27. The van der Waals surface area contributed by atoms with E-state index in [1.807, 2.05) is 6.07 Å². The minimum atomic E-state index is -1.70. The molecule has 4 nitrogen and oxygen atoms in total. The molecule has 0 bridgehead atoms. The van der Waals surface area contributed by atoms with Crippen LogP contribution in [0.15, 0.2) is 53.1 Å². The van der Waals surface area contributed by atoms with Crippen molar-refractivity contribution in [1.82, 2.24) is 10.6 Å². The molecule has 1 amide bonds. The zero-order valence-corrected chi connectivity index (χ0v) is 13.1. The van der Waals surface area contributed by atoms with Crippen molar-refractivity contribution < 1.29 is 9.21 Å². The number of rotatable bonds is 5. The van der Waals surface area contributed by atoms with Gasteiger partial charge in [0, 0.05) is 5.56 Å². The summed E-state index contributed by atoms with van der Waals surface area (Å²) < 4.78 is 3.48. The maximum Gasteiger partial charge on any atom is 0.252 e. The molecule has 2 rings (SSSR count). The summed E-state index contributed by atoms with van der Waals surface area (Å²) in [5.74, 6) is 0.335. The molecule has 0 aliphatic carbocycles. The molecule has 0 spiro atoms. The first-order valence-electron chi connectivity index (χ1n) is 6.15. The van der Waals surface area contributed by atoms with E-state index in [-0.39, 0.29) is 5.91 Å². The number of furan rings is 1. The molecule has 7 heteroatoms. The van der Waals surface area contributed by atoms with Gasteiger partial charge in [-0.25, -0.2) is 0 Å². The predicted octanol–water partition coefficient (Wildman–Crippen LogP) is 3.50. The van der Waals surface area contributed by atoms with Crippen molar-refractivity contribution in [2.75, 3.05) is 0 Å². The fourth-order valence-corrected chi connectivity index (χ4v) is 2.06. The highest BCUT2D eigenvalue weighted by Gasteiger charge is 2.33. The van der Waals surface area contributed by atoms with Crippen LogP contribution in [0.5, 0.6) is 0 Å². The van der Waals surface area contributed by atoms with Crippen LogP contribution in [0.2, 0.25) is 0 Å². The van der Waals surface area contributed by atoms with Gasteiger partial charge in [-0.05, 0) is 24.3 Å². The highest BCUT2D eigenvalue weighted by molar-refractivity contribution is 6.68. The highest BCUT2D eigenvalue weighted by Crippen LogP contribution is 2.29. The van der Waals surface area contributed by atoms with Gasteiger partial charge in [-0.1, -0.05) is 53.0 Å². The van der Waals surface area contributed by atoms with Gasteiger partial charge >= 0.3 is 0 Å². The molecule has 0 saturated heterocycles. The summed E-state index contributed by atoms with van der Waals surface area (Å²) in [6.45, 7) is 0.320. The van der Waals surface area contributed by atoms with Crippen LogP contribution in [0.1, 0.15) is 16.1 Å². The van der Waals surface area contributed by atoms with Crippen molar-refractivity contribution in [3.8, 4) is 0 Å². The number of amides is 1. The average molecular weight is 348 g/mol. The second kappa shape index (κ2) is 7.18. The van der Waals surface area contributed by atoms with Gasteiger partial charge in [0.25, 0.3) is 5.91 Å². The van der Waals surface area contributed by atoms with E-state index in [9.17, 15) is 4.79 Å². The lowest BCUT2D eigenvalue weighted by atomic mass is 10.2. The normalized spacial score (nSPS) is 12.9. The molecule has 1 aromatic carbocycles. The van der Waals surface area contributed by atoms with E-state index in [0.717, 1.165) is 0 Å². The van der Waals surface area contributed by atoms with Crippen LogP contribution >= 0.6 is 34.8 Å². The number of carbonyl (C=O) groups is 1. The first-order valence-corrected chi connectivity index (χ1v) is 7.28. The fraction of sp³-hybridized carbons (Fsp3) is 0.214. The van der Waals surface area contributed by atoms with E-state index < -0.39 is 9.96 Å². The van der Waals surface area contributed by atoms with Gasteiger partial charge in [0.1, 0.15) is 11.9 Å². The first-order chi connectivity index (χ1) is 9.97. The Morgan fingerprint density at radius 1 is 1.14 bits per heavy atom. The number of hydrogen-bond donors (Lipinski definition) is 2. The van der Waals surface area contributed by atoms with Gasteiger partial charge in [-0.2, -0.15) is 0 Å². The summed E-state index contributed by atoms with van der Waals surface area (Å²) in [6, 6.07) is 12.2. The molecule has 1 atom stereocenters. The Bertz CT molecular complexity index is 568. The van der Waals surface area contributed by atoms with E-state index in [1.54, 1.807) is 42.7 Å². The van der Waals surface area contributed by atoms with Crippen molar-refractivity contribution in [1.29, 1.82) is 0 Å². The van der Waals surface area contributed by atoms with Crippen LogP contribution in [0.4, 0.5) is 0 Å². The van der Waals surface area contributed by atoms with Gasteiger partial charge < -0.3 is 9.73 Å². The smallest absolute Gasteiger partial charge is 0.252 e. The minimum Gasteiger partial charge on any atom is -0.468 e. The van der Waals surface area contributed by atoms with Gasteiger partial charge in [-0.15, -0.1) is 0 Å². The standard InChI is InChI=1S/C14H13Cl3N2O2/c15-14(16,17)13(18-9-11-7-4-8-21-11)19-12(20)10-5-2-1-3-6-10/h1-8,13,18H,9H2,(H,19,20). The summed E-state index contributed by atoms with van der Waals surface area (Å²) in [7, 11) is 0. The molecule has 21 heavy (non-hydrogen) atoms. The first kappa shape index (κ1) is 16.2. The number of halogens is 3. The largest absolute Gasteiger partial charge is 0.468 e. The summed E-state index contributed by atoms with van der Waals surface area (Å²) >= 11 is 17.7. The van der Waals surface area contributed by atoms with Crippen molar-refractivity contribution in [2.24, 2.45) is 0 Å². The molecule has 2 N–H and O–H groups in total. The van der Waals surface area contributed by atoms with Crippen molar-refractivity contribution in [3.05, 3.63) is 60.1 Å². The van der Waals surface area contributed by atoms with Gasteiger partial charge in [0.05, 0.1) is 12.8 Å². The third-order valence-corrected chi connectivity index (χ3v) is 3.35. The SMILES string of the molecule is O=C(NC(NCc1ccco1)C(Cl)(Cl)Cl)c1ccccc1. The molecular formula is C14H13Cl3N2O2. The molecule has 1 aromatic heterocycles. The Morgan fingerprint density at radius 3 is 2.43 bits per heavy atom. The Balaban J connectivity index is 2.01. The average Bonchev–Trinajstić information content (AvgIpc) is 2.96. The Morgan fingerprint density at radius 2 is 1.86 bits per heavy atom. The molecule has 0 saturated carbocycles. The van der Waals surface area contributed by atoms with Crippen LogP contribution in [0.25, 0.3) is 0 Å². The molecule has 0 radical (unpaired) electrons. The molecule has 1 unspecified atom stereocenters. The number of carbonyl (C=O) groups excluding carboxylic acids is 1. The Labute approximate surface area is 137 Å². The lowest BCUT2D eigenvalue weighted by Crippen LogP contribution is -2.53. The van der Waals surface area contributed by atoms with Gasteiger partial charge in [0.2, 0.25) is 3.79 Å². The minimum absolute atomic E-state index is 0.320. The molecule has 0 aliphatic rings. The van der Waals surface area contributed by atoms with Crippen LogP contribution in [0.3, 0.4) is 0 Å². The van der Waals surface area contributed by atoms with E-state index in [2.05, 4.69) is 10.6 Å². The Hall–Kier alpha value is -1.20. The maximum absolute atomic E-state index is 12.1. The van der Waals surface area contributed by atoms with Crippen LogP contribution in [0, 0.1) is 0 Å². The number of hydrogen-bond acceptors (Lipinski definition) is 3. The molecule has 1 heterocycles. The number of alkyl halides is 3. The van der Waals surface area contributed by atoms with E-state index in [1.165, 1.54) is 0 Å². The lowest BCUT2D eigenvalue weighted by molar-refractivity contribution is 0.0928. The summed E-state index contributed by atoms with van der Waals surface area (Å²) in [5, 5.41) is 5.59. The van der Waals surface area contributed by atoms with Crippen molar-refractivity contribution >= 4 is 40.7 Å². The lowest BCUT2D eigenvalue weighted by Gasteiger charge is -2.26. The quantitative estimate of drug-likeness (QED) is 0.643. The van der Waals surface area contributed by atoms with Crippen LogP contribution in [-0.4, -0.2) is 15.9 Å². The van der Waals surface area contributed by atoms with E-state index >= 15 is 0 Å². The zero-order chi connectivity index (χ0) is 15.3. The second-order valence-corrected chi connectivity index (χ2v) is 6.64. The molecule has 112 valence electrons. The monoisotopic (exact) mass is 346 g/mol. The number of nitrogens with one attached hydrogen (secondary N) is 2. The zero-order valence-electron chi connectivity index (χ0n) is 10.9. The van der Waals surface area contributed by atoms with Crippen molar-refractivity contribution in [3.63, 3.8) is 0 Å². The third-order valence-electron chi connectivity index (χ3n) is 2.70. The van der Waals surface area contributed by atoms with E-state index in [0.29, 0.717) is 17.9 Å². The van der Waals surface area contributed by atoms with Gasteiger partial charge in [-0.3, -0.25) is 10.1 Å². The fourth-order valence-electron chi connectivity index (χ4n) is 1.67. The highest BCUT2D eigenvalue weighted by atomic mass is 35.6.